The minimum atomic E-state index is -0.380. The van der Waals surface area contributed by atoms with Gasteiger partial charge in [0.1, 0.15) is 0 Å². The van der Waals surface area contributed by atoms with Crippen molar-refractivity contribution in [3.8, 4) is 0 Å². The van der Waals surface area contributed by atoms with Gasteiger partial charge < -0.3 is 9.80 Å². The monoisotopic (exact) mass is 320 g/mol. The van der Waals surface area contributed by atoms with E-state index < -0.39 is 0 Å². The standard InChI is InChI=1S/C17H21ClN2O2/c1-2-19-11-12-20(10-7-15(19)21)16(22)17(8-9-17)13-3-5-14(18)6-4-13/h3-6H,2,7-12H2,1H3. The topological polar surface area (TPSA) is 40.6 Å². The molecule has 2 fully saturated rings. The third-order valence-electron chi connectivity index (χ3n) is 4.81. The molecule has 5 heteroatoms. The predicted octanol–water partition coefficient (Wildman–Crippen LogP) is 2.45. The fourth-order valence-electron chi connectivity index (χ4n) is 3.23. The van der Waals surface area contributed by atoms with Crippen LogP contribution in [0.5, 0.6) is 0 Å². The Hall–Kier alpha value is -1.55. The van der Waals surface area contributed by atoms with Gasteiger partial charge in [0.2, 0.25) is 11.8 Å². The Morgan fingerprint density at radius 1 is 1.18 bits per heavy atom. The summed E-state index contributed by atoms with van der Waals surface area (Å²) in [5.41, 5.74) is 0.666. The number of likely N-dealkylation sites (N-methyl/N-ethyl adjacent to an activating group) is 1. The van der Waals surface area contributed by atoms with Crippen LogP contribution in [0.15, 0.2) is 24.3 Å². The number of halogens is 1. The molecule has 0 N–H and O–H groups in total. The van der Waals surface area contributed by atoms with E-state index in [0.29, 0.717) is 37.6 Å². The average molecular weight is 321 g/mol. The van der Waals surface area contributed by atoms with E-state index in [1.165, 1.54) is 0 Å². The SMILES string of the molecule is CCN1CCN(C(=O)C2(c3ccc(Cl)cc3)CC2)CCC1=O. The minimum Gasteiger partial charge on any atom is -0.341 e. The number of hydrogen-bond acceptors (Lipinski definition) is 2. The second-order valence-electron chi connectivity index (χ2n) is 6.10. The van der Waals surface area contributed by atoms with Crippen LogP contribution < -0.4 is 0 Å². The van der Waals surface area contributed by atoms with Gasteiger partial charge in [-0.1, -0.05) is 23.7 Å². The highest BCUT2D eigenvalue weighted by molar-refractivity contribution is 6.30. The Balaban J connectivity index is 1.76. The van der Waals surface area contributed by atoms with Crippen LogP contribution in [-0.4, -0.2) is 47.8 Å². The third-order valence-corrected chi connectivity index (χ3v) is 5.07. The molecule has 0 aromatic heterocycles. The molecule has 0 spiro atoms. The van der Waals surface area contributed by atoms with Gasteiger partial charge in [-0.2, -0.15) is 0 Å². The number of benzene rings is 1. The molecule has 1 aliphatic carbocycles. The summed E-state index contributed by atoms with van der Waals surface area (Å²) in [6.45, 7) is 4.49. The molecule has 1 aromatic rings. The van der Waals surface area contributed by atoms with E-state index in [1.54, 1.807) is 0 Å². The van der Waals surface area contributed by atoms with Gasteiger partial charge in [-0.3, -0.25) is 9.59 Å². The Morgan fingerprint density at radius 2 is 1.86 bits per heavy atom. The van der Waals surface area contributed by atoms with E-state index in [1.807, 2.05) is 41.0 Å². The van der Waals surface area contributed by atoms with E-state index in [9.17, 15) is 9.59 Å². The van der Waals surface area contributed by atoms with Crippen molar-refractivity contribution in [1.29, 1.82) is 0 Å². The van der Waals surface area contributed by atoms with Gasteiger partial charge in [0.05, 0.1) is 5.41 Å². The second-order valence-corrected chi connectivity index (χ2v) is 6.54. The zero-order valence-electron chi connectivity index (χ0n) is 12.8. The van der Waals surface area contributed by atoms with Crippen molar-refractivity contribution in [1.82, 2.24) is 9.80 Å². The van der Waals surface area contributed by atoms with E-state index in [0.717, 1.165) is 18.4 Å². The largest absolute Gasteiger partial charge is 0.341 e. The van der Waals surface area contributed by atoms with Crippen molar-refractivity contribution in [2.45, 2.75) is 31.6 Å². The maximum Gasteiger partial charge on any atom is 0.233 e. The van der Waals surface area contributed by atoms with Crippen molar-refractivity contribution in [3.63, 3.8) is 0 Å². The Bertz CT molecular complexity index is 581. The lowest BCUT2D eigenvalue weighted by Gasteiger charge is -2.26. The van der Waals surface area contributed by atoms with Crippen LogP contribution in [-0.2, 0) is 15.0 Å². The van der Waals surface area contributed by atoms with Gasteiger partial charge in [0.15, 0.2) is 0 Å². The highest BCUT2D eigenvalue weighted by Crippen LogP contribution is 2.49. The van der Waals surface area contributed by atoms with E-state index in [2.05, 4.69) is 0 Å². The van der Waals surface area contributed by atoms with Crippen LogP contribution in [0, 0.1) is 0 Å². The molecular formula is C17H21ClN2O2. The molecule has 1 heterocycles. The third kappa shape index (κ3) is 2.72. The highest BCUT2D eigenvalue weighted by atomic mass is 35.5. The lowest BCUT2D eigenvalue weighted by atomic mass is 9.94. The molecular weight excluding hydrogens is 300 g/mol. The molecule has 1 saturated carbocycles. The normalized spacial score (nSPS) is 20.7. The lowest BCUT2D eigenvalue weighted by molar-refractivity contribution is -0.133. The summed E-state index contributed by atoms with van der Waals surface area (Å²) in [6.07, 6.45) is 2.20. The first kappa shape index (κ1) is 15.3. The summed E-state index contributed by atoms with van der Waals surface area (Å²) in [7, 11) is 0. The van der Waals surface area contributed by atoms with Crippen molar-refractivity contribution in [3.05, 3.63) is 34.9 Å². The first-order valence-corrected chi connectivity index (χ1v) is 8.28. The highest BCUT2D eigenvalue weighted by Gasteiger charge is 2.53. The minimum absolute atomic E-state index is 0.147. The van der Waals surface area contributed by atoms with Crippen molar-refractivity contribution in [2.24, 2.45) is 0 Å². The zero-order chi connectivity index (χ0) is 15.7. The van der Waals surface area contributed by atoms with E-state index >= 15 is 0 Å². The lowest BCUT2D eigenvalue weighted by Crippen LogP contribution is -2.41. The maximum absolute atomic E-state index is 13.0. The summed E-state index contributed by atoms with van der Waals surface area (Å²) in [5, 5.41) is 0.686. The Kier molecular flexibility index (Phi) is 4.13. The predicted molar refractivity (Wildman–Crippen MR) is 85.8 cm³/mol. The smallest absolute Gasteiger partial charge is 0.233 e. The fraction of sp³-hybridized carbons (Fsp3) is 0.529. The number of hydrogen-bond donors (Lipinski definition) is 0. The average Bonchev–Trinajstić information content (AvgIpc) is 3.33. The molecule has 1 aromatic carbocycles. The molecule has 0 atom stereocenters. The Labute approximate surface area is 136 Å². The van der Waals surface area contributed by atoms with E-state index in [-0.39, 0.29) is 17.2 Å². The molecule has 22 heavy (non-hydrogen) atoms. The molecule has 118 valence electrons. The first-order chi connectivity index (χ1) is 10.6. The summed E-state index contributed by atoms with van der Waals surface area (Å²) < 4.78 is 0. The van der Waals surface area contributed by atoms with Crippen LogP contribution in [0.2, 0.25) is 5.02 Å². The van der Waals surface area contributed by atoms with Crippen LogP contribution in [0.4, 0.5) is 0 Å². The Morgan fingerprint density at radius 3 is 2.45 bits per heavy atom. The molecule has 1 aliphatic heterocycles. The summed E-state index contributed by atoms with van der Waals surface area (Å²) in [5.74, 6) is 0.315. The fourth-order valence-corrected chi connectivity index (χ4v) is 3.35. The van der Waals surface area contributed by atoms with Crippen molar-refractivity contribution >= 4 is 23.4 Å². The summed E-state index contributed by atoms with van der Waals surface area (Å²) >= 11 is 5.94. The van der Waals surface area contributed by atoms with Crippen LogP contribution in [0.25, 0.3) is 0 Å². The van der Waals surface area contributed by atoms with Gasteiger partial charge in [0, 0.05) is 37.6 Å². The van der Waals surface area contributed by atoms with E-state index in [4.69, 9.17) is 11.6 Å². The van der Waals surface area contributed by atoms with Crippen molar-refractivity contribution < 1.29 is 9.59 Å². The number of amides is 2. The van der Waals surface area contributed by atoms with Gasteiger partial charge in [-0.25, -0.2) is 0 Å². The molecule has 0 bridgehead atoms. The summed E-state index contributed by atoms with van der Waals surface area (Å²) in [6, 6.07) is 7.59. The second kappa shape index (κ2) is 5.92. The van der Waals surface area contributed by atoms with Crippen molar-refractivity contribution in [2.75, 3.05) is 26.2 Å². The number of nitrogens with zero attached hydrogens (tertiary/aromatic N) is 2. The zero-order valence-corrected chi connectivity index (χ0v) is 13.6. The number of rotatable bonds is 3. The van der Waals surface area contributed by atoms with Gasteiger partial charge in [-0.05, 0) is 37.5 Å². The number of carbonyl (C=O) groups is 2. The van der Waals surface area contributed by atoms with Gasteiger partial charge in [-0.15, -0.1) is 0 Å². The van der Waals surface area contributed by atoms with Crippen LogP contribution >= 0.6 is 11.6 Å². The molecule has 3 rings (SSSR count). The quantitative estimate of drug-likeness (QED) is 0.858. The summed E-state index contributed by atoms with van der Waals surface area (Å²) in [4.78, 5) is 28.6. The first-order valence-electron chi connectivity index (χ1n) is 7.90. The van der Waals surface area contributed by atoms with Crippen LogP contribution in [0.3, 0.4) is 0 Å². The van der Waals surface area contributed by atoms with Gasteiger partial charge >= 0.3 is 0 Å². The molecule has 2 aliphatic rings. The van der Waals surface area contributed by atoms with Gasteiger partial charge in [0.25, 0.3) is 0 Å². The molecule has 1 saturated heterocycles. The molecule has 0 radical (unpaired) electrons. The molecule has 2 amide bonds. The number of carbonyl (C=O) groups excluding carboxylic acids is 2. The molecule has 4 nitrogen and oxygen atoms in total. The maximum atomic E-state index is 13.0. The van der Waals surface area contributed by atoms with Crippen LogP contribution in [0.1, 0.15) is 31.7 Å². The molecule has 0 unspecified atom stereocenters.